The highest BCUT2D eigenvalue weighted by Crippen LogP contribution is 2.14. The number of anilines is 1. The fraction of sp³-hybridized carbons (Fsp3) is 0.150. The van der Waals surface area contributed by atoms with Crippen LogP contribution >= 0.6 is 11.6 Å². The maximum atomic E-state index is 11.8. The lowest BCUT2D eigenvalue weighted by atomic mass is 10.1. The number of hydrogen-bond donors (Lipinski definition) is 1. The number of ether oxygens (including phenoxy) is 1. The molecule has 26 heavy (non-hydrogen) atoms. The molecule has 5 nitrogen and oxygen atoms in total. The molecule has 2 aromatic carbocycles. The number of esters is 1. The molecule has 0 fully saturated rings. The number of benzene rings is 2. The Hall–Kier alpha value is -2.92. The molecular weight excluding hydrogens is 352 g/mol. The first-order chi connectivity index (χ1) is 12.6. The number of para-hydroxylation sites is 1. The maximum Gasteiger partial charge on any atom is 0.306 e. The number of aromatic nitrogens is 1. The standard InChI is InChI=1S/C20H17ClN2O3/c21-15-6-9-17(10-7-15)23-19(24)13-26-20(25)12-11-16-8-5-14-3-1-2-4-18(14)22-16/h1-10H,11-13H2,(H,23,24). The second-order valence-electron chi connectivity index (χ2n) is 5.71. The van der Waals surface area contributed by atoms with E-state index in [1.54, 1.807) is 24.3 Å². The number of carbonyl (C=O) groups is 2. The highest BCUT2D eigenvalue weighted by Gasteiger charge is 2.09. The van der Waals surface area contributed by atoms with Gasteiger partial charge in [0.2, 0.25) is 0 Å². The molecule has 0 atom stereocenters. The zero-order chi connectivity index (χ0) is 18.4. The number of amides is 1. The van der Waals surface area contributed by atoms with E-state index in [9.17, 15) is 9.59 Å². The number of aryl methyl sites for hydroxylation is 1. The van der Waals surface area contributed by atoms with Crippen molar-refractivity contribution in [3.05, 3.63) is 71.4 Å². The zero-order valence-corrected chi connectivity index (χ0v) is 14.7. The van der Waals surface area contributed by atoms with E-state index in [4.69, 9.17) is 16.3 Å². The summed E-state index contributed by atoms with van der Waals surface area (Å²) in [6, 6.07) is 18.3. The van der Waals surface area contributed by atoms with E-state index >= 15 is 0 Å². The Morgan fingerprint density at radius 3 is 2.58 bits per heavy atom. The molecule has 0 aliphatic carbocycles. The van der Waals surface area contributed by atoms with Gasteiger partial charge in [0.1, 0.15) is 0 Å². The van der Waals surface area contributed by atoms with Crippen molar-refractivity contribution in [1.29, 1.82) is 0 Å². The molecular formula is C20H17ClN2O3. The van der Waals surface area contributed by atoms with E-state index in [0.29, 0.717) is 17.1 Å². The zero-order valence-electron chi connectivity index (χ0n) is 13.9. The van der Waals surface area contributed by atoms with Gasteiger partial charge >= 0.3 is 5.97 Å². The summed E-state index contributed by atoms with van der Waals surface area (Å²) in [5.74, 6) is -0.837. The van der Waals surface area contributed by atoms with Gasteiger partial charge in [-0.05, 0) is 36.4 Å². The van der Waals surface area contributed by atoms with Gasteiger partial charge in [-0.15, -0.1) is 0 Å². The van der Waals surface area contributed by atoms with Gasteiger partial charge in [0.25, 0.3) is 5.91 Å². The number of hydrogen-bond acceptors (Lipinski definition) is 4. The molecule has 1 aromatic heterocycles. The third kappa shape index (κ3) is 5.04. The Morgan fingerprint density at radius 2 is 1.77 bits per heavy atom. The summed E-state index contributed by atoms with van der Waals surface area (Å²) in [6.07, 6.45) is 0.627. The van der Waals surface area contributed by atoms with Gasteiger partial charge in [0.05, 0.1) is 11.9 Å². The van der Waals surface area contributed by atoms with Gasteiger partial charge < -0.3 is 10.1 Å². The molecule has 0 aliphatic heterocycles. The monoisotopic (exact) mass is 368 g/mol. The molecule has 0 aliphatic rings. The van der Waals surface area contributed by atoms with Crippen LogP contribution in [0.5, 0.6) is 0 Å². The van der Waals surface area contributed by atoms with Crippen molar-refractivity contribution in [3.63, 3.8) is 0 Å². The van der Waals surface area contributed by atoms with Gasteiger partial charge in [-0.1, -0.05) is 35.9 Å². The van der Waals surface area contributed by atoms with Crippen LogP contribution in [0.3, 0.4) is 0 Å². The molecule has 6 heteroatoms. The van der Waals surface area contributed by atoms with Crippen LogP contribution in [0, 0.1) is 0 Å². The summed E-state index contributed by atoms with van der Waals surface area (Å²) in [5.41, 5.74) is 2.29. The minimum absolute atomic E-state index is 0.166. The van der Waals surface area contributed by atoms with Crippen LogP contribution in [0.1, 0.15) is 12.1 Å². The van der Waals surface area contributed by atoms with Crippen LogP contribution in [-0.2, 0) is 20.7 Å². The molecule has 1 N–H and O–H groups in total. The normalized spacial score (nSPS) is 10.5. The number of carbonyl (C=O) groups excluding carboxylic acids is 2. The molecule has 0 spiro atoms. The topological polar surface area (TPSA) is 68.3 Å². The average molecular weight is 369 g/mol. The average Bonchev–Trinajstić information content (AvgIpc) is 2.66. The number of rotatable bonds is 6. The number of nitrogens with zero attached hydrogens (tertiary/aromatic N) is 1. The van der Waals surface area contributed by atoms with Crippen molar-refractivity contribution in [2.24, 2.45) is 0 Å². The summed E-state index contributed by atoms with van der Waals surface area (Å²) < 4.78 is 5.00. The van der Waals surface area contributed by atoms with Crippen LogP contribution in [0.4, 0.5) is 5.69 Å². The van der Waals surface area contributed by atoms with Crippen molar-refractivity contribution in [2.45, 2.75) is 12.8 Å². The molecule has 3 aromatic rings. The van der Waals surface area contributed by atoms with Gasteiger partial charge in [-0.3, -0.25) is 14.6 Å². The fourth-order valence-electron chi connectivity index (χ4n) is 2.43. The van der Waals surface area contributed by atoms with Crippen molar-refractivity contribution in [2.75, 3.05) is 11.9 Å². The second kappa shape index (κ2) is 8.45. The van der Waals surface area contributed by atoms with E-state index in [-0.39, 0.29) is 13.0 Å². The van der Waals surface area contributed by atoms with Crippen LogP contribution in [0.25, 0.3) is 10.9 Å². The van der Waals surface area contributed by atoms with Gasteiger partial charge in [0, 0.05) is 28.2 Å². The lowest BCUT2D eigenvalue weighted by molar-refractivity contribution is -0.147. The molecule has 0 saturated heterocycles. The molecule has 0 bridgehead atoms. The first-order valence-corrected chi connectivity index (χ1v) is 8.54. The molecule has 0 unspecified atom stereocenters. The summed E-state index contributed by atoms with van der Waals surface area (Å²) in [7, 11) is 0. The quantitative estimate of drug-likeness (QED) is 0.668. The molecule has 132 valence electrons. The van der Waals surface area contributed by atoms with Gasteiger partial charge in [-0.25, -0.2) is 0 Å². The van der Waals surface area contributed by atoms with E-state index in [1.165, 1.54) is 0 Å². The Kier molecular flexibility index (Phi) is 5.81. The largest absolute Gasteiger partial charge is 0.456 e. The molecule has 0 radical (unpaired) electrons. The van der Waals surface area contributed by atoms with Crippen molar-refractivity contribution >= 4 is 40.1 Å². The smallest absolute Gasteiger partial charge is 0.306 e. The number of fused-ring (bicyclic) bond motifs is 1. The van der Waals surface area contributed by atoms with Gasteiger partial charge in [-0.2, -0.15) is 0 Å². The van der Waals surface area contributed by atoms with Crippen LogP contribution in [-0.4, -0.2) is 23.5 Å². The molecule has 0 saturated carbocycles. The summed E-state index contributed by atoms with van der Waals surface area (Å²) in [4.78, 5) is 28.1. The van der Waals surface area contributed by atoms with Crippen molar-refractivity contribution < 1.29 is 14.3 Å². The minimum Gasteiger partial charge on any atom is -0.456 e. The minimum atomic E-state index is -0.439. The summed E-state index contributed by atoms with van der Waals surface area (Å²) in [5, 5.41) is 4.26. The number of halogens is 1. The fourth-order valence-corrected chi connectivity index (χ4v) is 2.55. The summed E-state index contributed by atoms with van der Waals surface area (Å²) in [6.45, 7) is -0.327. The predicted molar refractivity (Wildman–Crippen MR) is 101 cm³/mol. The Morgan fingerprint density at radius 1 is 1.00 bits per heavy atom. The number of pyridine rings is 1. The first-order valence-electron chi connectivity index (χ1n) is 8.16. The Balaban J connectivity index is 1.44. The molecule has 1 heterocycles. The van der Waals surface area contributed by atoms with Crippen molar-refractivity contribution in [1.82, 2.24) is 4.98 Å². The van der Waals surface area contributed by atoms with Gasteiger partial charge in [0.15, 0.2) is 6.61 Å². The third-order valence-electron chi connectivity index (χ3n) is 3.73. The highest BCUT2D eigenvalue weighted by atomic mass is 35.5. The lowest BCUT2D eigenvalue weighted by Gasteiger charge is -2.07. The van der Waals surface area contributed by atoms with Crippen molar-refractivity contribution in [3.8, 4) is 0 Å². The number of nitrogens with one attached hydrogen (secondary N) is 1. The van der Waals surface area contributed by atoms with E-state index < -0.39 is 11.9 Å². The second-order valence-corrected chi connectivity index (χ2v) is 6.15. The van der Waals surface area contributed by atoms with Crippen LogP contribution in [0.2, 0.25) is 5.02 Å². The highest BCUT2D eigenvalue weighted by molar-refractivity contribution is 6.30. The Labute approximate surface area is 156 Å². The Bertz CT molecular complexity index is 926. The molecule has 3 rings (SSSR count). The summed E-state index contributed by atoms with van der Waals surface area (Å²) >= 11 is 5.78. The predicted octanol–water partition coefficient (Wildman–Crippen LogP) is 4.00. The SMILES string of the molecule is O=C(COC(=O)CCc1ccc2ccccc2n1)Nc1ccc(Cl)cc1. The van der Waals surface area contributed by atoms with E-state index in [0.717, 1.165) is 16.6 Å². The third-order valence-corrected chi connectivity index (χ3v) is 3.99. The first kappa shape index (κ1) is 17.9. The lowest BCUT2D eigenvalue weighted by Crippen LogP contribution is -2.21. The van der Waals surface area contributed by atoms with E-state index in [1.807, 2.05) is 36.4 Å². The van der Waals surface area contributed by atoms with Crippen LogP contribution < -0.4 is 5.32 Å². The maximum absolute atomic E-state index is 11.8. The van der Waals surface area contributed by atoms with Crippen LogP contribution in [0.15, 0.2) is 60.7 Å². The molecule has 1 amide bonds. The van der Waals surface area contributed by atoms with E-state index in [2.05, 4.69) is 10.3 Å².